The van der Waals surface area contributed by atoms with Gasteiger partial charge in [-0.1, -0.05) is 24.4 Å². The van der Waals surface area contributed by atoms with E-state index in [1.807, 2.05) is 6.07 Å². The van der Waals surface area contributed by atoms with Crippen molar-refractivity contribution in [3.63, 3.8) is 0 Å². The fraction of sp³-hybridized carbons (Fsp3) is 0.467. The molecular formula is C15H20ClNO2. The van der Waals surface area contributed by atoms with Crippen LogP contribution in [0.25, 0.3) is 0 Å². The first-order valence-corrected chi connectivity index (χ1v) is 6.70. The van der Waals surface area contributed by atoms with E-state index in [0.29, 0.717) is 29.7 Å². The second-order valence-electron chi connectivity index (χ2n) is 3.99. The third kappa shape index (κ3) is 5.02. The first-order chi connectivity index (χ1) is 9.22. The van der Waals surface area contributed by atoms with E-state index in [9.17, 15) is 0 Å². The number of hydrogen-bond acceptors (Lipinski definition) is 3. The Morgan fingerprint density at radius 3 is 2.79 bits per heavy atom. The van der Waals surface area contributed by atoms with Crippen LogP contribution in [0.5, 0.6) is 11.5 Å². The molecule has 1 aromatic carbocycles. The minimum atomic E-state index is 0.343. The number of ether oxygens (including phenoxy) is 2. The molecule has 0 heterocycles. The van der Waals surface area contributed by atoms with Gasteiger partial charge in [0.05, 0.1) is 7.11 Å². The molecule has 0 amide bonds. The van der Waals surface area contributed by atoms with Gasteiger partial charge in [-0.15, -0.1) is 5.92 Å². The molecular weight excluding hydrogens is 262 g/mol. The SMILES string of the molecule is CC#CCOc1c(CNCCC)cc(Cl)cc1OC. The van der Waals surface area contributed by atoms with E-state index in [0.717, 1.165) is 18.5 Å². The first kappa shape index (κ1) is 15.7. The third-order valence-corrected chi connectivity index (χ3v) is 2.74. The summed E-state index contributed by atoms with van der Waals surface area (Å²) in [5.74, 6) is 7.02. The lowest BCUT2D eigenvalue weighted by molar-refractivity contribution is 0.326. The second kappa shape index (κ2) is 8.68. The summed E-state index contributed by atoms with van der Waals surface area (Å²) in [4.78, 5) is 0. The van der Waals surface area contributed by atoms with Crippen LogP contribution < -0.4 is 14.8 Å². The number of rotatable bonds is 7. The number of nitrogens with one attached hydrogen (secondary N) is 1. The fourth-order valence-electron chi connectivity index (χ4n) is 1.65. The molecule has 0 atom stereocenters. The highest BCUT2D eigenvalue weighted by atomic mass is 35.5. The van der Waals surface area contributed by atoms with Gasteiger partial charge < -0.3 is 14.8 Å². The average Bonchev–Trinajstić information content (AvgIpc) is 2.41. The van der Waals surface area contributed by atoms with Crippen LogP contribution in [0.4, 0.5) is 0 Å². The van der Waals surface area contributed by atoms with Gasteiger partial charge >= 0.3 is 0 Å². The van der Waals surface area contributed by atoms with E-state index in [4.69, 9.17) is 21.1 Å². The molecule has 0 saturated heterocycles. The summed E-state index contributed by atoms with van der Waals surface area (Å²) in [5.41, 5.74) is 0.982. The molecule has 0 aliphatic carbocycles. The largest absolute Gasteiger partial charge is 0.493 e. The van der Waals surface area contributed by atoms with Crippen LogP contribution in [0.2, 0.25) is 5.02 Å². The molecule has 0 aliphatic rings. The zero-order valence-electron chi connectivity index (χ0n) is 11.7. The van der Waals surface area contributed by atoms with E-state index in [1.54, 1.807) is 20.1 Å². The van der Waals surface area contributed by atoms with Crippen LogP contribution in [0.3, 0.4) is 0 Å². The topological polar surface area (TPSA) is 30.5 Å². The normalized spacial score (nSPS) is 9.68. The minimum absolute atomic E-state index is 0.343. The molecule has 4 heteroatoms. The Morgan fingerprint density at radius 2 is 2.16 bits per heavy atom. The summed E-state index contributed by atoms with van der Waals surface area (Å²) in [6.07, 6.45) is 1.08. The van der Waals surface area contributed by atoms with Crippen molar-refractivity contribution < 1.29 is 9.47 Å². The highest BCUT2D eigenvalue weighted by molar-refractivity contribution is 6.30. The van der Waals surface area contributed by atoms with Crippen LogP contribution in [0.1, 0.15) is 25.8 Å². The number of halogens is 1. The van der Waals surface area contributed by atoms with Gasteiger partial charge in [0.1, 0.15) is 6.61 Å². The van der Waals surface area contributed by atoms with Gasteiger partial charge in [-0.3, -0.25) is 0 Å². The highest BCUT2D eigenvalue weighted by Crippen LogP contribution is 2.34. The monoisotopic (exact) mass is 281 g/mol. The molecule has 0 bridgehead atoms. The van der Waals surface area contributed by atoms with Gasteiger partial charge in [0.2, 0.25) is 0 Å². The highest BCUT2D eigenvalue weighted by Gasteiger charge is 2.12. The van der Waals surface area contributed by atoms with Crippen molar-refractivity contribution in [3.05, 3.63) is 22.7 Å². The van der Waals surface area contributed by atoms with Crippen molar-refractivity contribution in [1.82, 2.24) is 5.32 Å². The van der Waals surface area contributed by atoms with Gasteiger partial charge in [0, 0.05) is 23.2 Å². The Morgan fingerprint density at radius 1 is 1.37 bits per heavy atom. The maximum atomic E-state index is 6.08. The Bertz CT molecular complexity index is 463. The molecule has 0 radical (unpaired) electrons. The van der Waals surface area contributed by atoms with E-state index >= 15 is 0 Å². The molecule has 0 fully saturated rings. The standard InChI is InChI=1S/C15H20ClNO2/c1-4-6-8-19-15-12(11-17-7-5-2)9-13(16)10-14(15)18-3/h9-10,17H,5,7-8,11H2,1-3H3. The predicted molar refractivity (Wildman–Crippen MR) is 78.9 cm³/mol. The Balaban J connectivity index is 2.94. The second-order valence-corrected chi connectivity index (χ2v) is 4.42. The summed E-state index contributed by atoms with van der Waals surface area (Å²) in [6.45, 7) is 5.89. The minimum Gasteiger partial charge on any atom is -0.493 e. The molecule has 0 spiro atoms. The molecule has 0 aromatic heterocycles. The van der Waals surface area contributed by atoms with Gasteiger partial charge in [0.25, 0.3) is 0 Å². The van der Waals surface area contributed by atoms with Gasteiger partial charge in [0.15, 0.2) is 11.5 Å². The molecule has 104 valence electrons. The van der Waals surface area contributed by atoms with Gasteiger partial charge in [-0.2, -0.15) is 0 Å². The summed E-state index contributed by atoms with van der Waals surface area (Å²) in [5, 5.41) is 3.97. The Kier molecular flexibility index (Phi) is 7.17. The predicted octanol–water partition coefficient (Wildman–Crippen LogP) is 3.25. The quantitative estimate of drug-likeness (QED) is 0.615. The lowest BCUT2D eigenvalue weighted by atomic mass is 10.1. The molecule has 1 aromatic rings. The van der Waals surface area contributed by atoms with E-state index in [2.05, 4.69) is 24.1 Å². The molecule has 1 N–H and O–H groups in total. The summed E-state index contributed by atoms with van der Waals surface area (Å²) in [6, 6.07) is 3.64. The molecule has 19 heavy (non-hydrogen) atoms. The molecule has 0 saturated carbocycles. The third-order valence-electron chi connectivity index (χ3n) is 2.52. The lowest BCUT2D eigenvalue weighted by Crippen LogP contribution is -2.15. The lowest BCUT2D eigenvalue weighted by Gasteiger charge is -2.15. The van der Waals surface area contributed by atoms with E-state index < -0.39 is 0 Å². The molecule has 0 unspecified atom stereocenters. The van der Waals surface area contributed by atoms with Crippen molar-refractivity contribution in [1.29, 1.82) is 0 Å². The van der Waals surface area contributed by atoms with Crippen LogP contribution in [-0.4, -0.2) is 20.3 Å². The van der Waals surface area contributed by atoms with Crippen molar-refractivity contribution in [2.75, 3.05) is 20.3 Å². The van der Waals surface area contributed by atoms with E-state index in [-0.39, 0.29) is 0 Å². The first-order valence-electron chi connectivity index (χ1n) is 6.32. The Labute approximate surface area is 120 Å². The van der Waals surface area contributed by atoms with Crippen molar-refractivity contribution >= 4 is 11.6 Å². The van der Waals surface area contributed by atoms with Crippen LogP contribution in [-0.2, 0) is 6.54 Å². The maximum Gasteiger partial charge on any atom is 0.167 e. The molecule has 0 aliphatic heterocycles. The van der Waals surface area contributed by atoms with Gasteiger partial charge in [-0.25, -0.2) is 0 Å². The van der Waals surface area contributed by atoms with Crippen LogP contribution in [0.15, 0.2) is 12.1 Å². The van der Waals surface area contributed by atoms with Crippen molar-refractivity contribution in [2.45, 2.75) is 26.8 Å². The summed E-state index contributed by atoms with van der Waals surface area (Å²) in [7, 11) is 1.60. The molecule has 3 nitrogen and oxygen atoms in total. The van der Waals surface area contributed by atoms with Crippen molar-refractivity contribution in [3.8, 4) is 23.3 Å². The van der Waals surface area contributed by atoms with Crippen molar-refractivity contribution in [2.24, 2.45) is 0 Å². The maximum absolute atomic E-state index is 6.08. The zero-order chi connectivity index (χ0) is 14.1. The summed E-state index contributed by atoms with van der Waals surface area (Å²) >= 11 is 6.08. The van der Waals surface area contributed by atoms with Crippen LogP contribution >= 0.6 is 11.6 Å². The van der Waals surface area contributed by atoms with Crippen LogP contribution in [0, 0.1) is 11.8 Å². The zero-order valence-corrected chi connectivity index (χ0v) is 12.4. The Hall–Kier alpha value is -1.37. The van der Waals surface area contributed by atoms with E-state index in [1.165, 1.54) is 0 Å². The van der Waals surface area contributed by atoms with Gasteiger partial charge in [-0.05, 0) is 26.0 Å². The number of hydrogen-bond donors (Lipinski definition) is 1. The fourth-order valence-corrected chi connectivity index (χ4v) is 1.88. The summed E-state index contributed by atoms with van der Waals surface area (Å²) < 4.78 is 11.0. The number of benzene rings is 1. The molecule has 1 rings (SSSR count). The smallest absolute Gasteiger partial charge is 0.167 e. The number of methoxy groups -OCH3 is 1. The average molecular weight is 282 g/mol.